The minimum Gasteiger partial charge on any atom is -0.494 e. The van der Waals surface area contributed by atoms with E-state index in [0.29, 0.717) is 30.7 Å². The number of amides is 2. The number of nitrogens with one attached hydrogen (secondary N) is 1. The maximum absolute atomic E-state index is 12.1. The summed E-state index contributed by atoms with van der Waals surface area (Å²) in [4.78, 5) is 25.6. The zero-order chi connectivity index (χ0) is 20.7. The van der Waals surface area contributed by atoms with Gasteiger partial charge in [0.2, 0.25) is 5.91 Å². The molecule has 150 valence electrons. The molecule has 0 bridgehead atoms. The largest absolute Gasteiger partial charge is 0.494 e. The Kier molecular flexibility index (Phi) is 7.21. The van der Waals surface area contributed by atoms with E-state index in [1.807, 2.05) is 12.1 Å². The lowest BCUT2D eigenvalue weighted by Gasteiger charge is -2.19. The lowest BCUT2D eigenvalue weighted by atomic mass is 9.87. The summed E-state index contributed by atoms with van der Waals surface area (Å²) in [5, 5.41) is 2.83. The number of carbonyl (C=O) groups is 2. The molecule has 0 saturated heterocycles. The number of anilines is 1. The van der Waals surface area contributed by atoms with Crippen molar-refractivity contribution < 1.29 is 14.3 Å². The topological polar surface area (TPSA) is 58.6 Å². The Morgan fingerprint density at radius 3 is 2.32 bits per heavy atom. The Balaban J connectivity index is 1.77. The van der Waals surface area contributed by atoms with Crippen molar-refractivity contribution in [3.63, 3.8) is 0 Å². The highest BCUT2D eigenvalue weighted by molar-refractivity contribution is 5.96. The van der Waals surface area contributed by atoms with Crippen LogP contribution >= 0.6 is 0 Å². The van der Waals surface area contributed by atoms with Gasteiger partial charge in [0.1, 0.15) is 5.75 Å². The molecular formula is C23H30N2O3. The summed E-state index contributed by atoms with van der Waals surface area (Å²) in [5.41, 5.74) is 2.54. The van der Waals surface area contributed by atoms with Gasteiger partial charge >= 0.3 is 0 Å². The molecule has 0 aliphatic heterocycles. The van der Waals surface area contributed by atoms with Gasteiger partial charge in [0, 0.05) is 31.8 Å². The normalized spacial score (nSPS) is 11.0. The second kappa shape index (κ2) is 9.40. The monoisotopic (exact) mass is 382 g/mol. The van der Waals surface area contributed by atoms with Gasteiger partial charge in [-0.25, -0.2) is 0 Å². The molecule has 0 heterocycles. The Morgan fingerprint density at radius 1 is 1.04 bits per heavy atom. The van der Waals surface area contributed by atoms with E-state index in [1.54, 1.807) is 38.4 Å². The molecule has 0 atom stereocenters. The van der Waals surface area contributed by atoms with Crippen molar-refractivity contribution in [2.24, 2.45) is 0 Å². The van der Waals surface area contributed by atoms with Crippen LogP contribution in [0, 0.1) is 0 Å². The highest BCUT2D eigenvalue weighted by atomic mass is 16.5. The van der Waals surface area contributed by atoms with Gasteiger partial charge in [0.05, 0.1) is 6.61 Å². The number of carbonyl (C=O) groups excluding carboxylic acids is 2. The number of benzene rings is 2. The number of hydrogen-bond donors (Lipinski definition) is 1. The molecule has 2 aromatic rings. The van der Waals surface area contributed by atoms with Gasteiger partial charge in [-0.05, 0) is 47.7 Å². The molecule has 1 N–H and O–H groups in total. The first-order chi connectivity index (χ1) is 13.2. The fourth-order valence-corrected chi connectivity index (χ4v) is 2.69. The van der Waals surface area contributed by atoms with Crippen molar-refractivity contribution in [2.75, 3.05) is 26.0 Å². The predicted molar refractivity (Wildman–Crippen MR) is 113 cm³/mol. The van der Waals surface area contributed by atoms with Gasteiger partial charge in [-0.1, -0.05) is 39.0 Å². The number of nitrogens with zero attached hydrogens (tertiary/aromatic N) is 1. The van der Waals surface area contributed by atoms with Crippen LogP contribution in [-0.4, -0.2) is 37.4 Å². The molecule has 0 saturated carbocycles. The third kappa shape index (κ3) is 6.41. The van der Waals surface area contributed by atoms with Crippen molar-refractivity contribution in [2.45, 2.75) is 39.0 Å². The average molecular weight is 383 g/mol. The second-order valence-corrected chi connectivity index (χ2v) is 8.05. The second-order valence-electron chi connectivity index (χ2n) is 8.05. The maximum Gasteiger partial charge on any atom is 0.253 e. The summed E-state index contributed by atoms with van der Waals surface area (Å²) in [6, 6.07) is 15.0. The van der Waals surface area contributed by atoms with Gasteiger partial charge in [0.25, 0.3) is 5.91 Å². The van der Waals surface area contributed by atoms with Crippen molar-refractivity contribution in [3.8, 4) is 5.75 Å². The van der Waals surface area contributed by atoms with E-state index in [0.717, 1.165) is 5.75 Å². The summed E-state index contributed by atoms with van der Waals surface area (Å²) in [5.74, 6) is 0.617. The summed E-state index contributed by atoms with van der Waals surface area (Å²) >= 11 is 0. The molecule has 2 amide bonds. The smallest absolute Gasteiger partial charge is 0.253 e. The first-order valence-electron chi connectivity index (χ1n) is 9.52. The summed E-state index contributed by atoms with van der Waals surface area (Å²) < 4.78 is 5.72. The zero-order valence-electron chi connectivity index (χ0n) is 17.4. The Hall–Kier alpha value is -2.82. The molecule has 0 aliphatic rings. The van der Waals surface area contributed by atoms with Crippen LogP contribution in [0.5, 0.6) is 5.75 Å². The molecule has 5 nitrogen and oxygen atoms in total. The highest BCUT2D eigenvalue weighted by Crippen LogP contribution is 2.24. The van der Waals surface area contributed by atoms with E-state index in [4.69, 9.17) is 4.74 Å². The van der Waals surface area contributed by atoms with Gasteiger partial charge in [0.15, 0.2) is 0 Å². The molecule has 2 rings (SSSR count). The minimum atomic E-state index is -0.0962. The van der Waals surface area contributed by atoms with Crippen LogP contribution in [0.2, 0.25) is 0 Å². The van der Waals surface area contributed by atoms with E-state index in [2.05, 4.69) is 38.2 Å². The summed E-state index contributed by atoms with van der Waals surface area (Å²) in [7, 11) is 3.40. The summed E-state index contributed by atoms with van der Waals surface area (Å²) in [6.07, 6.45) is 0.967. The number of rotatable bonds is 7. The number of ether oxygens (including phenoxy) is 1. The molecule has 5 heteroatoms. The van der Waals surface area contributed by atoms with Crippen LogP contribution in [0.3, 0.4) is 0 Å². The van der Waals surface area contributed by atoms with E-state index in [9.17, 15) is 9.59 Å². The fourth-order valence-electron chi connectivity index (χ4n) is 2.69. The molecule has 0 radical (unpaired) electrons. The molecule has 28 heavy (non-hydrogen) atoms. The average Bonchev–Trinajstić information content (AvgIpc) is 2.64. The van der Waals surface area contributed by atoms with Crippen LogP contribution in [0.4, 0.5) is 5.69 Å². The molecule has 0 aliphatic carbocycles. The van der Waals surface area contributed by atoms with E-state index in [1.165, 1.54) is 10.5 Å². The van der Waals surface area contributed by atoms with E-state index in [-0.39, 0.29) is 17.2 Å². The minimum absolute atomic E-state index is 0.0954. The molecule has 0 unspecified atom stereocenters. The molecule has 0 aromatic heterocycles. The molecule has 0 spiro atoms. The third-order valence-corrected chi connectivity index (χ3v) is 4.34. The Bertz CT molecular complexity index is 805. The molecule has 2 aromatic carbocycles. The van der Waals surface area contributed by atoms with Crippen molar-refractivity contribution in [1.29, 1.82) is 0 Å². The van der Waals surface area contributed by atoms with Crippen LogP contribution in [0.15, 0.2) is 48.5 Å². The van der Waals surface area contributed by atoms with Crippen molar-refractivity contribution >= 4 is 17.5 Å². The van der Waals surface area contributed by atoms with E-state index >= 15 is 0 Å². The van der Waals surface area contributed by atoms with Crippen LogP contribution in [-0.2, 0) is 10.2 Å². The zero-order valence-corrected chi connectivity index (χ0v) is 17.4. The van der Waals surface area contributed by atoms with E-state index < -0.39 is 0 Å². The van der Waals surface area contributed by atoms with Crippen LogP contribution in [0.1, 0.15) is 49.5 Å². The summed E-state index contributed by atoms with van der Waals surface area (Å²) in [6.45, 7) is 7.00. The third-order valence-electron chi connectivity index (χ3n) is 4.34. The highest BCUT2D eigenvalue weighted by Gasteiger charge is 2.13. The standard InChI is InChI=1S/C23H30N2O3/c1-23(2,3)18-11-13-20(14-12-18)28-15-7-10-21(26)24-19-9-6-8-17(16-19)22(27)25(4)5/h6,8-9,11-14,16H,7,10,15H2,1-5H3,(H,24,26). The molecule has 0 fully saturated rings. The number of hydrogen-bond acceptors (Lipinski definition) is 3. The lowest BCUT2D eigenvalue weighted by molar-refractivity contribution is -0.116. The lowest BCUT2D eigenvalue weighted by Crippen LogP contribution is -2.22. The van der Waals surface area contributed by atoms with Crippen molar-refractivity contribution in [3.05, 3.63) is 59.7 Å². The quantitative estimate of drug-likeness (QED) is 0.718. The first kappa shape index (κ1) is 21.5. The van der Waals surface area contributed by atoms with Crippen LogP contribution < -0.4 is 10.1 Å². The first-order valence-corrected chi connectivity index (χ1v) is 9.52. The van der Waals surface area contributed by atoms with Gasteiger partial charge < -0.3 is 15.0 Å². The van der Waals surface area contributed by atoms with Crippen LogP contribution in [0.25, 0.3) is 0 Å². The fraction of sp³-hybridized carbons (Fsp3) is 0.391. The molecular weight excluding hydrogens is 352 g/mol. The van der Waals surface area contributed by atoms with Crippen molar-refractivity contribution in [1.82, 2.24) is 4.90 Å². The Labute approximate surface area is 167 Å². The van der Waals surface area contributed by atoms with Gasteiger partial charge in [-0.2, -0.15) is 0 Å². The SMILES string of the molecule is CN(C)C(=O)c1cccc(NC(=O)CCCOc2ccc(C(C)(C)C)cc2)c1. The Morgan fingerprint density at radius 2 is 1.71 bits per heavy atom. The maximum atomic E-state index is 12.1. The van der Waals surface area contributed by atoms with Gasteiger partial charge in [-0.3, -0.25) is 9.59 Å². The predicted octanol–water partition coefficient (Wildman–Crippen LogP) is 4.48. The van der Waals surface area contributed by atoms with Gasteiger partial charge in [-0.15, -0.1) is 0 Å².